The Kier molecular flexibility index (Phi) is 6.99. The fourth-order valence-electron chi connectivity index (χ4n) is 2.15. The van der Waals surface area contributed by atoms with Crippen LogP contribution in [0.2, 0.25) is 0 Å². The Morgan fingerprint density at radius 1 is 0.903 bits per heavy atom. The molecule has 0 fully saturated rings. The number of nitrogens with zero attached hydrogens (tertiary/aromatic N) is 3. The molecule has 2 aromatic carbocycles. The lowest BCUT2D eigenvalue weighted by atomic mass is 10.2. The molecule has 0 atom stereocenters. The van der Waals surface area contributed by atoms with E-state index in [9.17, 15) is 47.9 Å². The highest BCUT2D eigenvalue weighted by Gasteiger charge is 2.44. The van der Waals surface area contributed by atoms with Crippen molar-refractivity contribution >= 4 is 60.3 Å². The maximum absolute atomic E-state index is 13.3. The molecular weight excluding hydrogens is 572 g/mol. The molecule has 0 aliphatic heterocycles. The summed E-state index contributed by atoms with van der Waals surface area (Å²) in [7, 11) is 0. The Hall–Kier alpha value is -3.08. The van der Waals surface area contributed by atoms with Crippen LogP contribution < -0.4 is 10.1 Å². The summed E-state index contributed by atoms with van der Waals surface area (Å²) in [6.45, 7) is 0. The molecule has 0 aromatic heterocycles. The second kappa shape index (κ2) is 8.96. The van der Waals surface area contributed by atoms with E-state index < -0.39 is 55.8 Å². The molecule has 0 aliphatic rings. The Morgan fingerprint density at radius 3 is 1.84 bits per heavy atom. The third kappa shape index (κ3) is 5.35. The van der Waals surface area contributed by atoms with Gasteiger partial charge in [0.2, 0.25) is 0 Å². The van der Waals surface area contributed by atoms with Crippen molar-refractivity contribution in [3.05, 3.63) is 63.6 Å². The molecule has 11 nitrogen and oxygen atoms in total. The molecule has 1 N–H and O–H groups in total. The summed E-state index contributed by atoms with van der Waals surface area (Å²) in [4.78, 5) is 30.2. The first-order valence-electron chi connectivity index (χ1n) is 7.46. The van der Waals surface area contributed by atoms with E-state index in [4.69, 9.17) is 0 Å². The van der Waals surface area contributed by atoms with Gasteiger partial charge in [-0.1, -0.05) is 0 Å². The van der Waals surface area contributed by atoms with Gasteiger partial charge < -0.3 is 10.1 Å². The molecule has 166 valence electrons. The Morgan fingerprint density at radius 2 is 1.42 bits per heavy atom. The number of benzene rings is 2. The van der Waals surface area contributed by atoms with Crippen molar-refractivity contribution in [2.24, 2.45) is 0 Å². The van der Waals surface area contributed by atoms with E-state index in [-0.39, 0.29) is 14.6 Å². The smallest absolute Gasteiger partial charge is 0.427 e. The number of non-ortho nitro benzene ring substituents is 1. The van der Waals surface area contributed by atoms with E-state index in [1.807, 2.05) is 0 Å². The normalized spacial score (nSPS) is 11.3. The molecule has 0 saturated carbocycles. The molecule has 0 spiro atoms. The van der Waals surface area contributed by atoms with Crippen molar-refractivity contribution < 1.29 is 37.1 Å². The first-order valence-corrected chi connectivity index (χ1v) is 9.05. The van der Waals surface area contributed by atoms with Crippen LogP contribution in [0.5, 0.6) is 5.75 Å². The Balaban J connectivity index is 2.65. The zero-order valence-corrected chi connectivity index (χ0v) is 17.5. The van der Waals surface area contributed by atoms with Crippen LogP contribution in [0.15, 0.2) is 33.2 Å². The topological polar surface area (TPSA) is 151 Å². The van der Waals surface area contributed by atoms with Crippen LogP contribution in [0.1, 0.15) is 0 Å². The largest absolute Gasteiger partial charge is 0.461 e. The van der Waals surface area contributed by atoms with Crippen molar-refractivity contribution in [2.45, 2.75) is 12.5 Å². The molecule has 2 rings (SSSR count). The number of halogens is 6. The molecular formula is C14H6Br2F4N4O7. The molecule has 0 unspecified atom stereocenters. The van der Waals surface area contributed by atoms with Crippen LogP contribution in [0.25, 0.3) is 0 Å². The van der Waals surface area contributed by atoms with Crippen LogP contribution in [0.4, 0.5) is 46.0 Å². The van der Waals surface area contributed by atoms with Crippen molar-refractivity contribution in [3.8, 4) is 5.75 Å². The van der Waals surface area contributed by atoms with Crippen molar-refractivity contribution in [1.82, 2.24) is 0 Å². The quantitative estimate of drug-likeness (QED) is 0.231. The number of ether oxygens (including phenoxy) is 1. The second-order valence-corrected chi connectivity index (χ2v) is 7.19. The predicted octanol–water partition coefficient (Wildman–Crippen LogP) is 5.92. The number of nitrogens with one attached hydrogen (secondary N) is 1. The minimum absolute atomic E-state index is 0.00552. The number of anilines is 2. The molecule has 0 heterocycles. The van der Waals surface area contributed by atoms with Gasteiger partial charge in [0.15, 0.2) is 5.69 Å². The van der Waals surface area contributed by atoms with Gasteiger partial charge in [-0.25, -0.2) is 0 Å². The summed E-state index contributed by atoms with van der Waals surface area (Å²) in [6, 6.07) is 2.65. The third-order valence-corrected chi connectivity index (χ3v) is 4.74. The van der Waals surface area contributed by atoms with Crippen LogP contribution in [-0.4, -0.2) is 27.3 Å². The van der Waals surface area contributed by atoms with Gasteiger partial charge in [-0.05, 0) is 37.9 Å². The average Bonchev–Trinajstić information content (AvgIpc) is 2.64. The Labute approximate surface area is 184 Å². The molecule has 0 radical (unpaired) electrons. The lowest BCUT2D eigenvalue weighted by molar-refractivity contribution is -0.401. The summed E-state index contributed by atoms with van der Waals surface area (Å²) in [5, 5.41) is 35.8. The summed E-state index contributed by atoms with van der Waals surface area (Å²) in [6.07, 6.45) is -9.07. The fraction of sp³-hybridized carbons (Fsp3) is 0.143. The van der Waals surface area contributed by atoms with Gasteiger partial charge in [-0.15, -0.1) is 0 Å². The molecule has 2 aromatic rings. The van der Waals surface area contributed by atoms with Gasteiger partial charge in [-0.2, -0.15) is 17.6 Å². The summed E-state index contributed by atoms with van der Waals surface area (Å²) in [5.41, 5.74) is -4.26. The first kappa shape index (κ1) is 24.2. The van der Waals surface area contributed by atoms with Crippen molar-refractivity contribution in [3.63, 3.8) is 0 Å². The summed E-state index contributed by atoms with van der Waals surface area (Å²) < 4.78 is 55.1. The summed E-state index contributed by atoms with van der Waals surface area (Å²) >= 11 is 5.79. The molecule has 31 heavy (non-hydrogen) atoms. The van der Waals surface area contributed by atoms with E-state index in [2.05, 4.69) is 41.9 Å². The van der Waals surface area contributed by atoms with Gasteiger partial charge >= 0.3 is 23.9 Å². The lowest BCUT2D eigenvalue weighted by Crippen LogP contribution is -2.33. The Bertz CT molecular complexity index is 1050. The standard InChI is InChI=1S/C14H6Br2F4N4O7/c15-6-3-7(16)11(31-14(19,20)13(17)18)4-8(6)21-12-9(23(27)28)1-5(22(25)26)2-10(12)24(29)30/h1-4,13,21H. The zero-order valence-electron chi connectivity index (χ0n) is 14.4. The molecule has 17 heteroatoms. The molecule has 0 aliphatic carbocycles. The predicted molar refractivity (Wildman–Crippen MR) is 103 cm³/mol. The van der Waals surface area contributed by atoms with Gasteiger partial charge in [-0.3, -0.25) is 30.3 Å². The second-order valence-electron chi connectivity index (χ2n) is 5.48. The number of alkyl halides is 4. The van der Waals surface area contributed by atoms with E-state index >= 15 is 0 Å². The first-order chi connectivity index (χ1) is 14.2. The number of nitro benzene ring substituents is 3. The van der Waals surface area contributed by atoms with Crippen LogP contribution in [-0.2, 0) is 0 Å². The highest BCUT2D eigenvalue weighted by molar-refractivity contribution is 9.11. The maximum atomic E-state index is 13.3. The van der Waals surface area contributed by atoms with Crippen LogP contribution in [0.3, 0.4) is 0 Å². The number of hydrogen-bond acceptors (Lipinski definition) is 8. The fourth-order valence-corrected chi connectivity index (χ4v) is 3.32. The number of rotatable bonds is 8. The SMILES string of the molecule is O=[N+]([O-])c1cc([N+](=O)[O-])c(Nc2cc(OC(F)(F)C(F)F)c(Br)cc2Br)c([N+](=O)[O-])c1. The molecule has 0 amide bonds. The van der Waals surface area contributed by atoms with Crippen LogP contribution in [0, 0.1) is 30.3 Å². The van der Waals surface area contributed by atoms with Gasteiger partial charge in [0, 0.05) is 10.5 Å². The maximum Gasteiger partial charge on any atom is 0.461 e. The minimum Gasteiger partial charge on any atom is -0.427 e. The monoisotopic (exact) mass is 576 g/mol. The van der Waals surface area contributed by atoms with E-state index in [0.29, 0.717) is 18.2 Å². The third-order valence-electron chi connectivity index (χ3n) is 3.47. The van der Waals surface area contributed by atoms with Gasteiger partial charge in [0.25, 0.3) is 5.69 Å². The summed E-state index contributed by atoms with van der Waals surface area (Å²) in [5.74, 6) is -0.830. The van der Waals surface area contributed by atoms with E-state index in [0.717, 1.165) is 6.07 Å². The average molecular weight is 578 g/mol. The zero-order chi connectivity index (χ0) is 23.7. The van der Waals surface area contributed by atoms with Crippen molar-refractivity contribution in [2.75, 3.05) is 5.32 Å². The number of nitro groups is 3. The van der Waals surface area contributed by atoms with E-state index in [1.165, 1.54) is 0 Å². The molecule has 0 bridgehead atoms. The van der Waals surface area contributed by atoms with Crippen LogP contribution >= 0.6 is 31.9 Å². The van der Waals surface area contributed by atoms with E-state index in [1.54, 1.807) is 0 Å². The lowest BCUT2D eigenvalue weighted by Gasteiger charge is -2.19. The van der Waals surface area contributed by atoms with Gasteiger partial charge in [0.05, 0.1) is 37.1 Å². The van der Waals surface area contributed by atoms with Crippen molar-refractivity contribution in [1.29, 1.82) is 0 Å². The highest BCUT2D eigenvalue weighted by atomic mass is 79.9. The highest BCUT2D eigenvalue weighted by Crippen LogP contribution is 2.44. The molecule has 0 saturated heterocycles. The minimum atomic E-state index is -4.89. The van der Waals surface area contributed by atoms with Gasteiger partial charge in [0.1, 0.15) is 5.75 Å². The number of hydrogen-bond donors (Lipinski definition) is 1.